The molecule has 3 rings (SSSR count). The molecule has 0 atom stereocenters. The molecule has 1 aliphatic heterocycles. The number of hydrogen-bond acceptors (Lipinski definition) is 3. The van der Waals surface area contributed by atoms with Crippen molar-refractivity contribution in [3.8, 4) is 0 Å². The van der Waals surface area contributed by atoms with E-state index in [0.29, 0.717) is 25.4 Å². The Hall–Kier alpha value is -1.95. The second-order valence-corrected chi connectivity index (χ2v) is 8.69. The summed E-state index contributed by atoms with van der Waals surface area (Å²) >= 11 is 0. The molecule has 2 aliphatic rings. The van der Waals surface area contributed by atoms with Gasteiger partial charge in [0.2, 0.25) is 11.8 Å². The summed E-state index contributed by atoms with van der Waals surface area (Å²) in [4.78, 5) is 31.5. The van der Waals surface area contributed by atoms with E-state index in [9.17, 15) is 14.0 Å². The number of halogens is 1. The molecule has 0 spiro atoms. The van der Waals surface area contributed by atoms with E-state index >= 15 is 0 Å². The summed E-state index contributed by atoms with van der Waals surface area (Å²) < 4.78 is 13.2. The van der Waals surface area contributed by atoms with Crippen LogP contribution in [0.15, 0.2) is 24.3 Å². The highest BCUT2D eigenvalue weighted by Crippen LogP contribution is 2.28. The third-order valence-electron chi connectivity index (χ3n) is 6.46. The van der Waals surface area contributed by atoms with E-state index in [4.69, 9.17) is 0 Å². The van der Waals surface area contributed by atoms with Crippen LogP contribution in [0.4, 0.5) is 4.39 Å². The van der Waals surface area contributed by atoms with Crippen LogP contribution >= 0.6 is 0 Å². The van der Waals surface area contributed by atoms with E-state index in [1.807, 2.05) is 9.80 Å². The van der Waals surface area contributed by atoms with Crippen molar-refractivity contribution < 1.29 is 14.0 Å². The average Bonchev–Trinajstić information content (AvgIpc) is 2.71. The lowest BCUT2D eigenvalue weighted by atomic mass is 9.84. The number of nitrogens with zero attached hydrogens (tertiary/aromatic N) is 3. The van der Waals surface area contributed by atoms with E-state index in [1.54, 1.807) is 12.1 Å². The Morgan fingerprint density at radius 1 is 1.07 bits per heavy atom. The molecule has 30 heavy (non-hydrogen) atoms. The number of piperazine rings is 1. The van der Waals surface area contributed by atoms with Crippen molar-refractivity contribution in [2.75, 3.05) is 39.3 Å². The monoisotopic (exact) mass is 417 g/mol. The summed E-state index contributed by atoms with van der Waals surface area (Å²) in [6.07, 6.45) is 6.93. The summed E-state index contributed by atoms with van der Waals surface area (Å²) in [5, 5.41) is 0. The van der Waals surface area contributed by atoms with E-state index in [1.165, 1.54) is 18.6 Å². The second kappa shape index (κ2) is 11.4. The highest BCUT2D eigenvalue weighted by molar-refractivity contribution is 5.79. The highest BCUT2D eigenvalue weighted by atomic mass is 19.1. The molecule has 1 aromatic carbocycles. The highest BCUT2D eigenvalue weighted by Gasteiger charge is 2.31. The largest absolute Gasteiger partial charge is 0.340 e. The summed E-state index contributed by atoms with van der Waals surface area (Å²) in [5.74, 6) is 0.522. The molecule has 2 amide bonds. The van der Waals surface area contributed by atoms with E-state index < -0.39 is 0 Å². The Kier molecular flexibility index (Phi) is 8.67. The third kappa shape index (κ3) is 6.53. The number of carbonyl (C=O) groups excluding carboxylic acids is 2. The van der Waals surface area contributed by atoms with Gasteiger partial charge >= 0.3 is 0 Å². The Balaban J connectivity index is 1.49. The van der Waals surface area contributed by atoms with Crippen LogP contribution in [0.5, 0.6) is 0 Å². The minimum absolute atomic E-state index is 0.173. The summed E-state index contributed by atoms with van der Waals surface area (Å²) in [5.41, 5.74) is 0.955. The SMILES string of the molecule is CCCCCC(=O)N(CCN1CCN(C(=O)C2CCC2)CC1)Cc1ccc(F)cc1. The molecule has 1 aromatic rings. The molecule has 166 valence electrons. The smallest absolute Gasteiger partial charge is 0.225 e. The molecule has 6 heteroatoms. The Bertz CT molecular complexity index is 682. The van der Waals surface area contributed by atoms with Crippen LogP contribution in [0.3, 0.4) is 0 Å². The van der Waals surface area contributed by atoms with Gasteiger partial charge in [0.25, 0.3) is 0 Å². The lowest BCUT2D eigenvalue weighted by Gasteiger charge is -2.38. The standard InChI is InChI=1S/C24H36FN3O2/c1-2-3-4-8-23(29)28(19-20-9-11-22(25)12-10-20)18-15-26-13-16-27(17-14-26)24(30)21-6-5-7-21/h9-12,21H,2-8,13-19H2,1H3. The fourth-order valence-corrected chi connectivity index (χ4v) is 4.15. The molecule has 0 unspecified atom stereocenters. The lowest BCUT2D eigenvalue weighted by molar-refractivity contribution is -0.140. The normalized spacial score (nSPS) is 17.6. The Labute approximate surface area is 180 Å². The van der Waals surface area contributed by atoms with Gasteiger partial charge in [0.05, 0.1) is 0 Å². The number of unbranched alkanes of at least 4 members (excludes halogenated alkanes) is 2. The molecular weight excluding hydrogens is 381 g/mol. The maximum atomic E-state index is 13.2. The van der Waals surface area contributed by atoms with Gasteiger partial charge in [-0.2, -0.15) is 0 Å². The number of hydrogen-bond donors (Lipinski definition) is 0. The van der Waals surface area contributed by atoms with Crippen LogP contribution in [0.2, 0.25) is 0 Å². The van der Waals surface area contributed by atoms with Crippen LogP contribution in [0.1, 0.15) is 57.4 Å². The maximum absolute atomic E-state index is 13.2. The first-order valence-corrected chi connectivity index (χ1v) is 11.6. The lowest BCUT2D eigenvalue weighted by Crippen LogP contribution is -2.52. The van der Waals surface area contributed by atoms with Crippen molar-refractivity contribution in [1.82, 2.24) is 14.7 Å². The second-order valence-electron chi connectivity index (χ2n) is 8.69. The predicted octanol–water partition coefficient (Wildman–Crippen LogP) is 3.68. The Morgan fingerprint density at radius 2 is 1.77 bits per heavy atom. The minimum Gasteiger partial charge on any atom is -0.340 e. The molecule has 0 bridgehead atoms. The Morgan fingerprint density at radius 3 is 2.37 bits per heavy atom. The van der Waals surface area contributed by atoms with Crippen LogP contribution < -0.4 is 0 Å². The molecule has 0 N–H and O–H groups in total. The van der Waals surface area contributed by atoms with Gasteiger partial charge in [0.1, 0.15) is 5.82 Å². The van der Waals surface area contributed by atoms with Crippen molar-refractivity contribution in [2.45, 2.75) is 58.4 Å². The first-order valence-electron chi connectivity index (χ1n) is 11.6. The van der Waals surface area contributed by atoms with Gasteiger partial charge in [-0.05, 0) is 37.0 Å². The zero-order chi connectivity index (χ0) is 21.3. The van der Waals surface area contributed by atoms with Crippen LogP contribution in [0.25, 0.3) is 0 Å². The van der Waals surface area contributed by atoms with Crippen molar-refractivity contribution in [1.29, 1.82) is 0 Å². The van der Waals surface area contributed by atoms with Crippen molar-refractivity contribution in [3.63, 3.8) is 0 Å². The molecule has 1 heterocycles. The maximum Gasteiger partial charge on any atom is 0.225 e. The van der Waals surface area contributed by atoms with Gasteiger partial charge in [-0.1, -0.05) is 38.3 Å². The quantitative estimate of drug-likeness (QED) is 0.546. The summed E-state index contributed by atoms with van der Waals surface area (Å²) in [6.45, 7) is 7.45. The molecule has 1 saturated heterocycles. The molecule has 0 aromatic heterocycles. The minimum atomic E-state index is -0.256. The first-order chi connectivity index (χ1) is 14.6. The topological polar surface area (TPSA) is 43.9 Å². The van der Waals surface area contributed by atoms with Gasteiger partial charge in [-0.25, -0.2) is 4.39 Å². The summed E-state index contributed by atoms with van der Waals surface area (Å²) in [7, 11) is 0. The van der Waals surface area contributed by atoms with Crippen LogP contribution in [-0.2, 0) is 16.1 Å². The molecular formula is C24H36FN3O2. The summed E-state index contributed by atoms with van der Waals surface area (Å²) in [6, 6.07) is 6.42. The van der Waals surface area contributed by atoms with Gasteiger partial charge in [0, 0.05) is 58.2 Å². The van der Waals surface area contributed by atoms with E-state index in [2.05, 4.69) is 11.8 Å². The van der Waals surface area contributed by atoms with Gasteiger partial charge in [-0.15, -0.1) is 0 Å². The van der Waals surface area contributed by atoms with Crippen molar-refractivity contribution in [3.05, 3.63) is 35.6 Å². The van der Waals surface area contributed by atoms with E-state index in [0.717, 1.165) is 70.4 Å². The third-order valence-corrected chi connectivity index (χ3v) is 6.46. The molecule has 2 fully saturated rings. The zero-order valence-corrected chi connectivity index (χ0v) is 18.3. The van der Waals surface area contributed by atoms with Gasteiger partial charge in [0.15, 0.2) is 0 Å². The molecule has 1 saturated carbocycles. The predicted molar refractivity (Wildman–Crippen MR) is 116 cm³/mol. The number of amides is 2. The number of rotatable bonds is 10. The zero-order valence-electron chi connectivity index (χ0n) is 18.3. The first kappa shape index (κ1) is 22.7. The molecule has 1 aliphatic carbocycles. The number of carbonyl (C=O) groups is 2. The van der Waals surface area contributed by atoms with E-state index in [-0.39, 0.29) is 17.6 Å². The molecule has 0 radical (unpaired) electrons. The van der Waals surface area contributed by atoms with Gasteiger partial charge in [-0.3, -0.25) is 14.5 Å². The average molecular weight is 418 g/mol. The fraction of sp³-hybridized carbons (Fsp3) is 0.667. The van der Waals surface area contributed by atoms with Gasteiger partial charge < -0.3 is 9.80 Å². The fourth-order valence-electron chi connectivity index (χ4n) is 4.15. The molecule has 5 nitrogen and oxygen atoms in total. The van der Waals surface area contributed by atoms with Crippen LogP contribution in [0, 0.1) is 11.7 Å². The van der Waals surface area contributed by atoms with Crippen LogP contribution in [-0.4, -0.2) is 65.8 Å². The van der Waals surface area contributed by atoms with Crippen molar-refractivity contribution >= 4 is 11.8 Å². The number of benzene rings is 1. The van der Waals surface area contributed by atoms with Crippen molar-refractivity contribution in [2.24, 2.45) is 5.92 Å².